The SMILES string of the molecule is CC(C)(C)c1ccc(N=Cc2ccc(F)cc2)cc1. The molecular formula is C17H18FN. The maximum Gasteiger partial charge on any atom is 0.123 e. The van der Waals surface area contributed by atoms with E-state index in [1.165, 1.54) is 17.7 Å². The number of benzene rings is 2. The van der Waals surface area contributed by atoms with Crippen LogP contribution in [0.1, 0.15) is 31.9 Å². The third kappa shape index (κ3) is 3.75. The summed E-state index contributed by atoms with van der Waals surface area (Å²) >= 11 is 0. The fourth-order valence-corrected chi connectivity index (χ4v) is 1.75. The van der Waals surface area contributed by atoms with Crippen LogP contribution in [0.25, 0.3) is 0 Å². The van der Waals surface area contributed by atoms with Gasteiger partial charge in [-0.1, -0.05) is 45.0 Å². The number of rotatable bonds is 2. The normalized spacial score (nSPS) is 12.0. The highest BCUT2D eigenvalue weighted by Crippen LogP contribution is 2.24. The molecule has 0 unspecified atom stereocenters. The Morgan fingerprint density at radius 1 is 0.895 bits per heavy atom. The summed E-state index contributed by atoms with van der Waals surface area (Å²) in [5.74, 6) is -0.230. The van der Waals surface area contributed by atoms with E-state index < -0.39 is 0 Å². The smallest absolute Gasteiger partial charge is 0.123 e. The van der Waals surface area contributed by atoms with Gasteiger partial charge in [-0.3, -0.25) is 4.99 Å². The first-order chi connectivity index (χ1) is 8.95. The molecule has 2 heteroatoms. The van der Waals surface area contributed by atoms with Crippen molar-refractivity contribution in [3.63, 3.8) is 0 Å². The first-order valence-electron chi connectivity index (χ1n) is 6.35. The van der Waals surface area contributed by atoms with Crippen LogP contribution in [-0.2, 0) is 5.41 Å². The molecule has 0 fully saturated rings. The van der Waals surface area contributed by atoms with Crippen molar-refractivity contribution in [3.8, 4) is 0 Å². The number of nitrogens with zero attached hydrogens (tertiary/aromatic N) is 1. The van der Waals surface area contributed by atoms with Gasteiger partial charge < -0.3 is 0 Å². The van der Waals surface area contributed by atoms with Gasteiger partial charge in [-0.25, -0.2) is 4.39 Å². The van der Waals surface area contributed by atoms with Crippen molar-refractivity contribution in [1.82, 2.24) is 0 Å². The Bertz CT molecular complexity index is 560. The molecule has 0 aliphatic heterocycles. The Balaban J connectivity index is 2.13. The van der Waals surface area contributed by atoms with Gasteiger partial charge in [0.25, 0.3) is 0 Å². The van der Waals surface area contributed by atoms with Crippen LogP contribution < -0.4 is 0 Å². The molecule has 0 amide bonds. The van der Waals surface area contributed by atoms with Gasteiger partial charge in [-0.05, 0) is 40.8 Å². The quantitative estimate of drug-likeness (QED) is 0.679. The van der Waals surface area contributed by atoms with E-state index in [4.69, 9.17) is 0 Å². The zero-order valence-corrected chi connectivity index (χ0v) is 11.5. The zero-order chi connectivity index (χ0) is 13.9. The van der Waals surface area contributed by atoms with Gasteiger partial charge >= 0.3 is 0 Å². The minimum absolute atomic E-state index is 0.152. The van der Waals surface area contributed by atoms with Crippen molar-refractivity contribution in [2.24, 2.45) is 4.99 Å². The Morgan fingerprint density at radius 3 is 2.00 bits per heavy atom. The molecule has 0 aliphatic rings. The van der Waals surface area contributed by atoms with Crippen molar-refractivity contribution in [1.29, 1.82) is 0 Å². The first kappa shape index (κ1) is 13.5. The molecule has 0 saturated heterocycles. The highest BCUT2D eigenvalue weighted by Gasteiger charge is 2.12. The second kappa shape index (κ2) is 5.35. The van der Waals surface area contributed by atoms with Gasteiger partial charge in [0.1, 0.15) is 5.82 Å². The molecule has 0 aromatic heterocycles. The highest BCUT2D eigenvalue weighted by atomic mass is 19.1. The third-order valence-electron chi connectivity index (χ3n) is 2.97. The average Bonchev–Trinajstić information content (AvgIpc) is 2.37. The first-order valence-corrected chi connectivity index (χ1v) is 6.35. The summed E-state index contributed by atoms with van der Waals surface area (Å²) in [5, 5.41) is 0. The lowest BCUT2D eigenvalue weighted by molar-refractivity contribution is 0.590. The summed E-state index contributed by atoms with van der Waals surface area (Å²) in [6.45, 7) is 6.55. The van der Waals surface area contributed by atoms with E-state index >= 15 is 0 Å². The molecule has 2 aromatic carbocycles. The van der Waals surface area contributed by atoms with Crippen molar-refractivity contribution >= 4 is 11.9 Å². The van der Waals surface area contributed by atoms with E-state index in [1.807, 2.05) is 12.1 Å². The molecule has 0 radical (unpaired) electrons. The lowest BCUT2D eigenvalue weighted by atomic mass is 9.87. The second-order valence-corrected chi connectivity index (χ2v) is 5.61. The van der Waals surface area contributed by atoms with Crippen molar-refractivity contribution in [3.05, 3.63) is 65.5 Å². The van der Waals surface area contributed by atoms with E-state index in [-0.39, 0.29) is 11.2 Å². The van der Waals surface area contributed by atoms with Gasteiger partial charge in [0.15, 0.2) is 0 Å². The molecule has 0 aliphatic carbocycles. The Hall–Kier alpha value is -1.96. The molecule has 0 N–H and O–H groups in total. The van der Waals surface area contributed by atoms with E-state index in [2.05, 4.69) is 37.9 Å². The lowest BCUT2D eigenvalue weighted by Gasteiger charge is -2.18. The van der Waals surface area contributed by atoms with Gasteiger partial charge in [-0.15, -0.1) is 0 Å². The predicted molar refractivity (Wildman–Crippen MR) is 78.8 cm³/mol. The summed E-state index contributed by atoms with van der Waals surface area (Å²) in [4.78, 5) is 4.38. The number of hydrogen-bond acceptors (Lipinski definition) is 1. The standard InChI is InChI=1S/C17H18FN/c1-17(2,3)14-6-10-16(11-7-14)19-12-13-4-8-15(18)9-5-13/h4-12H,1-3H3. The molecule has 0 bridgehead atoms. The summed E-state index contributed by atoms with van der Waals surface area (Å²) in [7, 11) is 0. The lowest BCUT2D eigenvalue weighted by Crippen LogP contribution is -2.10. The highest BCUT2D eigenvalue weighted by molar-refractivity contribution is 5.81. The molecule has 1 nitrogen and oxygen atoms in total. The van der Waals surface area contributed by atoms with E-state index in [0.717, 1.165) is 11.3 Å². The van der Waals surface area contributed by atoms with E-state index in [0.29, 0.717) is 0 Å². The fourth-order valence-electron chi connectivity index (χ4n) is 1.75. The Labute approximate surface area is 113 Å². The average molecular weight is 255 g/mol. The number of hydrogen-bond donors (Lipinski definition) is 0. The van der Waals surface area contributed by atoms with Gasteiger partial charge in [-0.2, -0.15) is 0 Å². The maximum atomic E-state index is 12.8. The molecular weight excluding hydrogens is 237 g/mol. The molecule has 0 heterocycles. The van der Waals surface area contributed by atoms with Crippen LogP contribution in [0.4, 0.5) is 10.1 Å². The summed E-state index contributed by atoms with van der Waals surface area (Å²) in [5.41, 5.74) is 3.23. The van der Waals surface area contributed by atoms with Gasteiger partial charge in [0, 0.05) is 6.21 Å². The van der Waals surface area contributed by atoms with Crippen LogP contribution in [0.5, 0.6) is 0 Å². The monoisotopic (exact) mass is 255 g/mol. The summed E-state index contributed by atoms with van der Waals surface area (Å²) < 4.78 is 12.8. The minimum atomic E-state index is -0.230. The number of aliphatic imine (C=N–C) groups is 1. The summed E-state index contributed by atoms with van der Waals surface area (Å²) in [6, 6.07) is 14.5. The molecule has 0 spiro atoms. The molecule has 98 valence electrons. The van der Waals surface area contributed by atoms with Crippen LogP contribution in [0.3, 0.4) is 0 Å². The zero-order valence-electron chi connectivity index (χ0n) is 11.5. The number of halogens is 1. The van der Waals surface area contributed by atoms with Gasteiger partial charge in [0.2, 0.25) is 0 Å². The van der Waals surface area contributed by atoms with Crippen molar-refractivity contribution < 1.29 is 4.39 Å². The second-order valence-electron chi connectivity index (χ2n) is 5.61. The van der Waals surface area contributed by atoms with Crippen LogP contribution in [0.15, 0.2) is 53.5 Å². The molecule has 0 atom stereocenters. The van der Waals surface area contributed by atoms with E-state index in [9.17, 15) is 4.39 Å². The largest absolute Gasteiger partial charge is 0.256 e. The van der Waals surface area contributed by atoms with Crippen LogP contribution in [0.2, 0.25) is 0 Å². The predicted octanol–water partition coefficient (Wildman–Crippen LogP) is 4.87. The summed E-state index contributed by atoms with van der Waals surface area (Å²) in [6.07, 6.45) is 1.74. The third-order valence-corrected chi connectivity index (χ3v) is 2.97. The fraction of sp³-hybridized carbons (Fsp3) is 0.235. The van der Waals surface area contributed by atoms with Gasteiger partial charge in [0.05, 0.1) is 5.69 Å². The van der Waals surface area contributed by atoms with Crippen LogP contribution in [0, 0.1) is 5.82 Å². The maximum absolute atomic E-state index is 12.8. The van der Waals surface area contributed by atoms with Crippen molar-refractivity contribution in [2.45, 2.75) is 26.2 Å². The molecule has 2 aromatic rings. The molecule has 2 rings (SSSR count). The van der Waals surface area contributed by atoms with Crippen LogP contribution >= 0.6 is 0 Å². The molecule has 0 saturated carbocycles. The Kier molecular flexibility index (Phi) is 3.79. The van der Waals surface area contributed by atoms with Crippen LogP contribution in [-0.4, -0.2) is 6.21 Å². The van der Waals surface area contributed by atoms with E-state index in [1.54, 1.807) is 18.3 Å². The minimum Gasteiger partial charge on any atom is -0.256 e. The topological polar surface area (TPSA) is 12.4 Å². The molecule has 19 heavy (non-hydrogen) atoms. The Morgan fingerprint density at radius 2 is 1.47 bits per heavy atom. The van der Waals surface area contributed by atoms with Crippen molar-refractivity contribution in [2.75, 3.05) is 0 Å².